The molecule has 0 aliphatic heterocycles. The van der Waals surface area contributed by atoms with Crippen molar-refractivity contribution in [3.63, 3.8) is 0 Å². The van der Waals surface area contributed by atoms with Crippen LogP contribution in [0.1, 0.15) is 20.3 Å². The summed E-state index contributed by atoms with van der Waals surface area (Å²) in [5, 5.41) is 0. The zero-order chi connectivity index (χ0) is 8.85. The third kappa shape index (κ3) is 3.40. The highest BCUT2D eigenvalue weighted by molar-refractivity contribution is 8.10. The molecule has 0 heterocycles. The standard InChI is InChI=1S/C7H15NOS2/c1-4-6(9-3)8(5-2)7(10)11/h6H,4-5H2,1-3H3,(H,10,11). The number of ether oxygens (including phenoxy) is 1. The summed E-state index contributed by atoms with van der Waals surface area (Å²) in [5.41, 5.74) is 0. The van der Waals surface area contributed by atoms with E-state index in [2.05, 4.69) is 19.6 Å². The maximum absolute atomic E-state index is 5.20. The molecule has 0 aromatic carbocycles. The molecule has 11 heavy (non-hydrogen) atoms. The van der Waals surface area contributed by atoms with Gasteiger partial charge in [0.1, 0.15) is 10.5 Å². The molecule has 0 aliphatic rings. The van der Waals surface area contributed by atoms with Crippen molar-refractivity contribution in [1.82, 2.24) is 4.90 Å². The Kier molecular flexibility index (Phi) is 5.91. The molecule has 4 heteroatoms. The van der Waals surface area contributed by atoms with E-state index in [0.717, 1.165) is 13.0 Å². The van der Waals surface area contributed by atoms with Crippen molar-refractivity contribution in [1.29, 1.82) is 0 Å². The minimum Gasteiger partial charge on any atom is -0.362 e. The third-order valence-corrected chi connectivity index (χ3v) is 2.05. The van der Waals surface area contributed by atoms with Crippen molar-refractivity contribution in [2.75, 3.05) is 13.7 Å². The summed E-state index contributed by atoms with van der Waals surface area (Å²) in [6.45, 7) is 4.93. The zero-order valence-corrected chi connectivity index (χ0v) is 8.91. The van der Waals surface area contributed by atoms with Crippen LogP contribution in [0.25, 0.3) is 0 Å². The van der Waals surface area contributed by atoms with Crippen LogP contribution < -0.4 is 0 Å². The molecule has 0 rings (SSSR count). The van der Waals surface area contributed by atoms with Gasteiger partial charge in [0.15, 0.2) is 0 Å². The van der Waals surface area contributed by atoms with Crippen molar-refractivity contribution in [2.45, 2.75) is 26.5 Å². The molecule has 0 saturated heterocycles. The Labute approximate surface area is 79.3 Å². The van der Waals surface area contributed by atoms with Gasteiger partial charge in [0.05, 0.1) is 0 Å². The van der Waals surface area contributed by atoms with E-state index in [9.17, 15) is 0 Å². The molecular weight excluding hydrogens is 178 g/mol. The van der Waals surface area contributed by atoms with Gasteiger partial charge < -0.3 is 9.64 Å². The normalized spacial score (nSPS) is 12.7. The van der Waals surface area contributed by atoms with E-state index in [0.29, 0.717) is 4.32 Å². The lowest BCUT2D eigenvalue weighted by atomic mass is 10.4. The van der Waals surface area contributed by atoms with Gasteiger partial charge in [-0.05, 0) is 13.3 Å². The van der Waals surface area contributed by atoms with Gasteiger partial charge in [-0.2, -0.15) is 0 Å². The topological polar surface area (TPSA) is 12.5 Å². The Morgan fingerprint density at radius 2 is 2.18 bits per heavy atom. The second kappa shape index (κ2) is 5.80. The van der Waals surface area contributed by atoms with Crippen LogP contribution in [0.5, 0.6) is 0 Å². The molecule has 1 unspecified atom stereocenters. The number of rotatable bonds is 4. The van der Waals surface area contributed by atoms with Crippen LogP contribution in [0.2, 0.25) is 0 Å². The van der Waals surface area contributed by atoms with E-state index in [1.54, 1.807) is 7.11 Å². The number of hydrogen-bond donors (Lipinski definition) is 1. The van der Waals surface area contributed by atoms with Crippen LogP contribution >= 0.6 is 24.8 Å². The fourth-order valence-corrected chi connectivity index (χ4v) is 1.49. The Morgan fingerprint density at radius 1 is 1.64 bits per heavy atom. The largest absolute Gasteiger partial charge is 0.362 e. The Bertz CT molecular complexity index is 126. The van der Waals surface area contributed by atoms with Crippen molar-refractivity contribution in [3.8, 4) is 0 Å². The highest BCUT2D eigenvalue weighted by Gasteiger charge is 2.14. The van der Waals surface area contributed by atoms with Gasteiger partial charge in [-0.15, -0.1) is 12.6 Å². The summed E-state index contributed by atoms with van der Waals surface area (Å²) < 4.78 is 5.80. The smallest absolute Gasteiger partial charge is 0.135 e. The number of thiol groups is 1. The summed E-state index contributed by atoms with van der Waals surface area (Å²) in [6.07, 6.45) is 0.996. The predicted molar refractivity (Wildman–Crippen MR) is 55.1 cm³/mol. The number of hydrogen-bond acceptors (Lipinski definition) is 2. The Balaban J connectivity index is 4.09. The van der Waals surface area contributed by atoms with E-state index in [-0.39, 0.29) is 6.23 Å². The average molecular weight is 193 g/mol. The highest BCUT2D eigenvalue weighted by atomic mass is 32.1. The van der Waals surface area contributed by atoms with Gasteiger partial charge in [0, 0.05) is 13.7 Å². The van der Waals surface area contributed by atoms with Crippen LogP contribution in [0.4, 0.5) is 0 Å². The highest BCUT2D eigenvalue weighted by Crippen LogP contribution is 2.07. The molecule has 0 N–H and O–H groups in total. The second-order valence-electron chi connectivity index (χ2n) is 2.17. The first-order valence-corrected chi connectivity index (χ1v) is 4.55. The SMILES string of the molecule is CCC(OC)N(CC)C(=S)S. The van der Waals surface area contributed by atoms with Crippen LogP contribution in [0, 0.1) is 0 Å². The van der Waals surface area contributed by atoms with Gasteiger partial charge in [-0.3, -0.25) is 0 Å². The van der Waals surface area contributed by atoms with Crippen molar-refractivity contribution in [3.05, 3.63) is 0 Å². The molecule has 0 aromatic rings. The molecular formula is C7H15NOS2. The summed E-state index contributed by atoms with van der Waals surface area (Å²) in [7, 11) is 1.68. The van der Waals surface area contributed by atoms with Crippen molar-refractivity contribution in [2.24, 2.45) is 0 Å². The van der Waals surface area contributed by atoms with Crippen molar-refractivity contribution >= 4 is 29.2 Å². The van der Waals surface area contributed by atoms with Gasteiger partial charge in [-0.1, -0.05) is 19.1 Å². The van der Waals surface area contributed by atoms with E-state index in [1.165, 1.54) is 0 Å². The molecule has 1 atom stereocenters. The van der Waals surface area contributed by atoms with Crippen LogP contribution in [0.3, 0.4) is 0 Å². The molecule has 0 fully saturated rings. The van der Waals surface area contributed by atoms with E-state index >= 15 is 0 Å². The third-order valence-electron chi connectivity index (χ3n) is 1.56. The van der Waals surface area contributed by atoms with Gasteiger partial charge in [-0.25, -0.2) is 0 Å². The first-order valence-electron chi connectivity index (χ1n) is 3.69. The first kappa shape index (κ1) is 11.2. The van der Waals surface area contributed by atoms with Crippen molar-refractivity contribution < 1.29 is 4.74 Å². The average Bonchev–Trinajstić information content (AvgIpc) is 1.99. The van der Waals surface area contributed by atoms with E-state index in [4.69, 9.17) is 17.0 Å². The lowest BCUT2D eigenvalue weighted by molar-refractivity contribution is 0.0104. The Morgan fingerprint density at radius 3 is 2.27 bits per heavy atom. The molecule has 66 valence electrons. The van der Waals surface area contributed by atoms with Gasteiger partial charge in [0.2, 0.25) is 0 Å². The molecule has 0 spiro atoms. The number of thiocarbonyl (C=S) groups is 1. The quantitative estimate of drug-likeness (QED) is 0.416. The summed E-state index contributed by atoms with van der Waals surface area (Å²) >= 11 is 9.03. The predicted octanol–water partition coefficient (Wildman–Crippen LogP) is 1.91. The van der Waals surface area contributed by atoms with E-state index < -0.39 is 0 Å². The number of methoxy groups -OCH3 is 1. The monoisotopic (exact) mass is 193 g/mol. The minimum atomic E-state index is 0.0741. The maximum atomic E-state index is 5.20. The first-order chi connectivity index (χ1) is 5.17. The Hall–Kier alpha value is 0.200. The molecule has 0 amide bonds. The van der Waals surface area contributed by atoms with Crippen LogP contribution in [0.15, 0.2) is 0 Å². The molecule has 0 radical (unpaired) electrons. The maximum Gasteiger partial charge on any atom is 0.135 e. The number of nitrogens with zero attached hydrogens (tertiary/aromatic N) is 1. The van der Waals surface area contributed by atoms with Gasteiger partial charge >= 0.3 is 0 Å². The fraction of sp³-hybridized carbons (Fsp3) is 0.857. The second-order valence-corrected chi connectivity index (χ2v) is 3.28. The zero-order valence-electron chi connectivity index (χ0n) is 7.20. The fourth-order valence-electron chi connectivity index (χ4n) is 0.976. The minimum absolute atomic E-state index is 0.0741. The van der Waals surface area contributed by atoms with E-state index in [1.807, 2.05) is 11.8 Å². The molecule has 0 saturated carbocycles. The van der Waals surface area contributed by atoms with Gasteiger partial charge in [0.25, 0.3) is 0 Å². The van der Waals surface area contributed by atoms with Crippen LogP contribution in [-0.2, 0) is 4.74 Å². The van der Waals surface area contributed by atoms with Crippen LogP contribution in [-0.4, -0.2) is 29.1 Å². The summed E-state index contributed by atoms with van der Waals surface area (Å²) in [4.78, 5) is 1.94. The molecule has 0 aromatic heterocycles. The summed E-state index contributed by atoms with van der Waals surface area (Å²) in [6, 6.07) is 0. The lowest BCUT2D eigenvalue weighted by Crippen LogP contribution is -2.37. The molecule has 0 bridgehead atoms. The molecule has 2 nitrogen and oxygen atoms in total. The lowest BCUT2D eigenvalue weighted by Gasteiger charge is -2.28. The summed E-state index contributed by atoms with van der Waals surface area (Å²) in [5.74, 6) is 0. The molecule has 0 aliphatic carbocycles.